The molecule has 1 unspecified atom stereocenters. The molecule has 5 rings (SSSR count). The van der Waals surface area contributed by atoms with Gasteiger partial charge in [-0.1, -0.05) is 77.6 Å². The van der Waals surface area contributed by atoms with Crippen LogP contribution in [0.2, 0.25) is 0 Å². The van der Waals surface area contributed by atoms with Gasteiger partial charge in [-0.2, -0.15) is 3.97 Å². The van der Waals surface area contributed by atoms with Crippen LogP contribution in [0.4, 0.5) is 4.39 Å². The molecule has 0 N–H and O–H groups in total. The van der Waals surface area contributed by atoms with Crippen molar-refractivity contribution >= 4 is 29.1 Å². The summed E-state index contributed by atoms with van der Waals surface area (Å²) >= 11 is 7.47. The molecule has 2 fully saturated rings. The Morgan fingerprint density at radius 2 is 1.58 bits per heavy atom. The Labute approximate surface area is 220 Å². The zero-order valence-electron chi connectivity index (χ0n) is 21.9. The highest BCUT2D eigenvalue weighted by Gasteiger charge is 2.69. The van der Waals surface area contributed by atoms with Crippen molar-refractivity contribution in [2.75, 3.05) is 0 Å². The number of benzene rings is 2. The molecule has 0 amide bonds. The van der Waals surface area contributed by atoms with Crippen molar-refractivity contribution in [3.05, 3.63) is 58.9 Å². The van der Waals surface area contributed by atoms with E-state index in [1.54, 1.807) is 0 Å². The quantitative estimate of drug-likeness (QED) is 0.325. The Morgan fingerprint density at radius 1 is 0.972 bits per heavy atom. The summed E-state index contributed by atoms with van der Waals surface area (Å²) in [6, 6.07) is 9.18. The predicted molar refractivity (Wildman–Crippen MR) is 143 cm³/mol. The molecule has 0 radical (unpaired) electrons. The van der Waals surface area contributed by atoms with Crippen LogP contribution in [-0.4, -0.2) is 37.0 Å². The van der Waals surface area contributed by atoms with Crippen LogP contribution in [0.25, 0.3) is 0 Å². The van der Waals surface area contributed by atoms with Crippen LogP contribution in [0.15, 0.2) is 41.3 Å². The Kier molecular flexibility index (Phi) is 6.20. The zero-order chi connectivity index (χ0) is 26.3. The highest BCUT2D eigenvalue weighted by Crippen LogP contribution is 2.51. The van der Waals surface area contributed by atoms with E-state index in [4.69, 9.17) is 15.5 Å². The van der Waals surface area contributed by atoms with Crippen LogP contribution in [-0.2, 0) is 27.4 Å². The molecular formula is C27H36ClFN2O3SSi. The molecule has 2 aliphatic heterocycles. The van der Waals surface area contributed by atoms with Gasteiger partial charge >= 0.3 is 7.95 Å². The molecule has 5 nitrogen and oxygen atoms in total. The molecule has 0 spiro atoms. The van der Waals surface area contributed by atoms with Crippen molar-refractivity contribution < 1.29 is 17.2 Å². The minimum atomic E-state index is -4.01. The van der Waals surface area contributed by atoms with Gasteiger partial charge in [0.1, 0.15) is 11.6 Å². The van der Waals surface area contributed by atoms with Gasteiger partial charge in [0.15, 0.2) is 0 Å². The maximum Gasteiger partial charge on any atom is 0.541 e. The highest BCUT2D eigenvalue weighted by molar-refractivity contribution is 7.91. The number of nitrogens with zero attached hydrogens (tertiary/aromatic N) is 2. The summed E-state index contributed by atoms with van der Waals surface area (Å²) in [6.45, 7) is 13.6. The summed E-state index contributed by atoms with van der Waals surface area (Å²) in [5.74, 6) is 0.254. The Balaban J connectivity index is 1.69. The lowest BCUT2D eigenvalue weighted by Crippen LogP contribution is -2.64. The van der Waals surface area contributed by atoms with E-state index in [9.17, 15) is 12.8 Å². The van der Waals surface area contributed by atoms with Crippen LogP contribution in [0, 0.1) is 5.82 Å². The number of halogens is 2. The number of rotatable bonds is 2. The first-order valence-corrected chi connectivity index (χ1v) is 17.0. The minimum Gasteiger partial charge on any atom is -0.506 e. The first-order valence-electron chi connectivity index (χ1n) is 12.8. The average molecular weight is 551 g/mol. The van der Waals surface area contributed by atoms with Gasteiger partial charge < -0.3 is 4.43 Å². The molecule has 2 heterocycles. The molecule has 2 aromatic carbocycles. The predicted octanol–water partition coefficient (Wildman–Crippen LogP) is 6.31. The Bertz CT molecular complexity index is 1290. The fraction of sp³-hybridized carbons (Fsp3) is 0.556. The van der Waals surface area contributed by atoms with Crippen molar-refractivity contribution in [3.8, 4) is 5.75 Å². The van der Waals surface area contributed by atoms with E-state index in [1.165, 1.54) is 33.8 Å². The van der Waals surface area contributed by atoms with E-state index in [0.717, 1.165) is 42.6 Å². The summed E-state index contributed by atoms with van der Waals surface area (Å²) in [6.07, 6.45) is 3.60. The summed E-state index contributed by atoms with van der Waals surface area (Å²) in [4.78, 5) is 0.0520. The van der Waals surface area contributed by atoms with Gasteiger partial charge in [0.05, 0.1) is 4.90 Å². The van der Waals surface area contributed by atoms with Crippen molar-refractivity contribution in [1.29, 1.82) is 0 Å². The van der Waals surface area contributed by atoms with E-state index in [0.29, 0.717) is 6.54 Å². The molecule has 2 aromatic rings. The van der Waals surface area contributed by atoms with Crippen LogP contribution in [0.3, 0.4) is 0 Å². The topological polar surface area (TPSA) is 49.9 Å². The van der Waals surface area contributed by atoms with Crippen LogP contribution in [0.5, 0.6) is 5.75 Å². The normalized spacial score (nSPS) is 27.2. The third kappa shape index (κ3) is 4.13. The molecule has 3 atom stereocenters. The molecular weight excluding hydrogens is 515 g/mol. The first-order chi connectivity index (χ1) is 16.6. The fourth-order valence-corrected chi connectivity index (χ4v) is 13.8. The highest BCUT2D eigenvalue weighted by atomic mass is 35.6. The van der Waals surface area contributed by atoms with Crippen molar-refractivity contribution in [1.82, 2.24) is 8.54 Å². The van der Waals surface area contributed by atoms with Crippen molar-refractivity contribution in [3.63, 3.8) is 0 Å². The third-order valence-electron chi connectivity index (χ3n) is 7.80. The molecule has 36 heavy (non-hydrogen) atoms. The van der Waals surface area contributed by atoms with Gasteiger partial charge in [-0.15, -0.1) is 0 Å². The monoisotopic (exact) mass is 550 g/mol. The van der Waals surface area contributed by atoms with E-state index < -0.39 is 23.8 Å². The molecule has 0 aromatic heterocycles. The second kappa shape index (κ2) is 8.53. The number of hydrogen-bond donors (Lipinski definition) is 0. The molecule has 1 aliphatic carbocycles. The SMILES string of the molecule is CC(C)(C)c1cc2c(c(C(C)(C)C)c1)O[Si]1(Cl)N(C2)[C@@H]2CCCC[C@H]2N1S(=O)(=O)c1ccc(F)cc1. The van der Waals surface area contributed by atoms with E-state index in [2.05, 4.69) is 58.2 Å². The molecule has 196 valence electrons. The van der Waals surface area contributed by atoms with Gasteiger partial charge in [-0.3, -0.25) is 4.57 Å². The second-order valence-corrected chi connectivity index (χ2v) is 18.4. The first kappa shape index (κ1) is 26.2. The average Bonchev–Trinajstić information content (AvgIpc) is 3.03. The van der Waals surface area contributed by atoms with Crippen LogP contribution in [0.1, 0.15) is 83.9 Å². The third-order valence-corrected chi connectivity index (χ3v) is 15.2. The fourth-order valence-electron chi connectivity index (χ4n) is 5.86. The standard InChI is InChI=1S/C27H36ClFN2O3SSi/c1-26(2,3)19-15-18-17-30-23-9-7-8-10-24(23)31(35(32,33)21-13-11-20(29)12-14-21)36(30,28)34-25(18)22(16-19)27(4,5)6/h11-16,23-24H,7-10,17H2,1-6H3/t23-,24-,36?/m1/s1. The van der Waals surface area contributed by atoms with Crippen LogP contribution >= 0.6 is 11.1 Å². The van der Waals surface area contributed by atoms with Gasteiger partial charge in [0, 0.05) is 24.2 Å². The number of fused-ring (bicyclic) bond motifs is 4. The number of hydrogen-bond acceptors (Lipinski definition) is 4. The molecule has 0 bridgehead atoms. The van der Waals surface area contributed by atoms with Crippen molar-refractivity contribution in [2.45, 2.75) is 102 Å². The Morgan fingerprint density at radius 3 is 2.17 bits per heavy atom. The van der Waals surface area contributed by atoms with Crippen LogP contribution < -0.4 is 4.43 Å². The maximum atomic E-state index is 14.1. The van der Waals surface area contributed by atoms with Gasteiger partial charge in [0.25, 0.3) is 0 Å². The molecule has 3 aliphatic rings. The van der Waals surface area contributed by atoms with Gasteiger partial charge in [-0.25, -0.2) is 12.8 Å². The molecule has 1 saturated heterocycles. The summed E-state index contributed by atoms with van der Waals surface area (Å²) in [7, 11) is -7.67. The van der Waals surface area contributed by atoms with E-state index in [-0.39, 0.29) is 27.8 Å². The molecule has 9 heteroatoms. The Hall–Kier alpha value is -1.45. The smallest absolute Gasteiger partial charge is 0.506 e. The van der Waals surface area contributed by atoms with Gasteiger partial charge in [0.2, 0.25) is 10.0 Å². The van der Waals surface area contributed by atoms with E-state index in [1.807, 2.05) is 0 Å². The minimum absolute atomic E-state index is 0.00247. The van der Waals surface area contributed by atoms with Gasteiger partial charge in [-0.05, 0) is 59.1 Å². The van der Waals surface area contributed by atoms with E-state index >= 15 is 0 Å². The lowest BCUT2D eigenvalue weighted by molar-refractivity contribution is 0.216. The zero-order valence-corrected chi connectivity index (χ0v) is 24.5. The number of sulfonamides is 1. The van der Waals surface area contributed by atoms with Crippen molar-refractivity contribution in [2.24, 2.45) is 0 Å². The summed E-state index contributed by atoms with van der Waals surface area (Å²) < 4.78 is 52.3. The molecule has 1 saturated carbocycles. The lowest BCUT2D eigenvalue weighted by Gasteiger charge is -2.42. The largest absolute Gasteiger partial charge is 0.541 e. The maximum absolute atomic E-state index is 14.1. The summed E-state index contributed by atoms with van der Waals surface area (Å²) in [5, 5.41) is 0. The summed E-state index contributed by atoms with van der Waals surface area (Å²) in [5.41, 5.74) is 3.08. The lowest BCUT2D eigenvalue weighted by atomic mass is 9.79. The second-order valence-electron chi connectivity index (χ2n) is 12.4.